The lowest BCUT2D eigenvalue weighted by atomic mass is 10.1. The van der Waals surface area contributed by atoms with Crippen molar-refractivity contribution in [1.82, 2.24) is 15.8 Å². The van der Waals surface area contributed by atoms with Gasteiger partial charge in [0.2, 0.25) is 0 Å². The molecule has 0 radical (unpaired) electrons. The molecule has 1 rings (SSSR count). The Hall–Kier alpha value is -1.52. The van der Waals surface area contributed by atoms with Crippen molar-refractivity contribution >= 4 is 5.96 Å². The van der Waals surface area contributed by atoms with Gasteiger partial charge in [-0.25, -0.2) is 0 Å². The summed E-state index contributed by atoms with van der Waals surface area (Å²) in [6, 6.07) is 0. The van der Waals surface area contributed by atoms with Crippen LogP contribution < -0.4 is 10.6 Å². The highest BCUT2D eigenvalue weighted by Gasteiger charge is 2.13. The van der Waals surface area contributed by atoms with Crippen molar-refractivity contribution in [2.45, 2.75) is 66.3 Å². The molecule has 0 aliphatic heterocycles. The predicted molar refractivity (Wildman–Crippen MR) is 92.1 cm³/mol. The molecule has 1 aromatic rings. The molecule has 0 fully saturated rings. The van der Waals surface area contributed by atoms with Gasteiger partial charge in [-0.3, -0.25) is 4.99 Å². The van der Waals surface area contributed by atoms with Gasteiger partial charge in [-0.05, 0) is 18.8 Å². The van der Waals surface area contributed by atoms with Crippen molar-refractivity contribution in [2.75, 3.05) is 13.6 Å². The van der Waals surface area contributed by atoms with Crippen LogP contribution >= 0.6 is 0 Å². The molecule has 0 bridgehead atoms. The summed E-state index contributed by atoms with van der Waals surface area (Å²) in [6.07, 6.45) is 5.47. The number of rotatable bonds is 9. The summed E-state index contributed by atoms with van der Waals surface area (Å²) in [5.74, 6) is 2.59. The minimum absolute atomic E-state index is 0.710. The maximum atomic E-state index is 5.39. The van der Waals surface area contributed by atoms with Crippen molar-refractivity contribution in [3.05, 3.63) is 17.0 Å². The number of hydrogen-bond acceptors (Lipinski definition) is 3. The molecular formula is C17H32N4O. The zero-order chi connectivity index (χ0) is 16.4. The maximum absolute atomic E-state index is 5.39. The van der Waals surface area contributed by atoms with Crippen LogP contribution in [0.15, 0.2) is 9.52 Å². The Balaban J connectivity index is 2.39. The van der Waals surface area contributed by atoms with Crippen molar-refractivity contribution in [3.63, 3.8) is 0 Å². The third-order valence-corrected chi connectivity index (χ3v) is 3.76. The van der Waals surface area contributed by atoms with E-state index in [1.54, 1.807) is 7.05 Å². The Morgan fingerprint density at radius 3 is 2.55 bits per heavy atom. The molecule has 126 valence electrons. The van der Waals surface area contributed by atoms with Crippen LogP contribution in [0.1, 0.15) is 64.0 Å². The SMILES string of the molecule is CCc1noc(CC)c1CNC(=NC)NCCCCC(C)C. The van der Waals surface area contributed by atoms with E-state index in [1.165, 1.54) is 24.8 Å². The van der Waals surface area contributed by atoms with Crippen LogP contribution in [0.4, 0.5) is 0 Å². The molecule has 0 saturated carbocycles. The molecule has 0 atom stereocenters. The first-order chi connectivity index (χ1) is 10.6. The number of nitrogens with one attached hydrogen (secondary N) is 2. The van der Waals surface area contributed by atoms with Crippen LogP contribution in [0.2, 0.25) is 0 Å². The van der Waals surface area contributed by atoms with Gasteiger partial charge in [0.1, 0.15) is 5.76 Å². The van der Waals surface area contributed by atoms with E-state index in [2.05, 4.69) is 48.5 Å². The van der Waals surface area contributed by atoms with E-state index in [9.17, 15) is 0 Å². The largest absolute Gasteiger partial charge is 0.361 e. The highest BCUT2D eigenvalue weighted by atomic mass is 16.5. The second-order valence-electron chi connectivity index (χ2n) is 5.98. The minimum Gasteiger partial charge on any atom is -0.361 e. The summed E-state index contributed by atoms with van der Waals surface area (Å²) in [5.41, 5.74) is 2.21. The lowest BCUT2D eigenvalue weighted by molar-refractivity contribution is 0.380. The van der Waals surface area contributed by atoms with Gasteiger partial charge in [-0.2, -0.15) is 0 Å². The smallest absolute Gasteiger partial charge is 0.191 e. The van der Waals surface area contributed by atoms with Gasteiger partial charge in [0, 0.05) is 32.1 Å². The fourth-order valence-corrected chi connectivity index (χ4v) is 2.41. The highest BCUT2D eigenvalue weighted by molar-refractivity contribution is 5.79. The topological polar surface area (TPSA) is 62.5 Å². The minimum atomic E-state index is 0.710. The van der Waals surface area contributed by atoms with Crippen LogP contribution in [0.5, 0.6) is 0 Å². The number of hydrogen-bond donors (Lipinski definition) is 2. The molecule has 0 saturated heterocycles. The second kappa shape index (κ2) is 10.2. The molecule has 5 nitrogen and oxygen atoms in total. The maximum Gasteiger partial charge on any atom is 0.191 e. The average Bonchev–Trinajstić information content (AvgIpc) is 2.91. The van der Waals surface area contributed by atoms with E-state index in [0.29, 0.717) is 6.54 Å². The normalized spacial score (nSPS) is 12.0. The Kier molecular flexibility index (Phi) is 8.63. The monoisotopic (exact) mass is 308 g/mol. The molecule has 2 N–H and O–H groups in total. The molecule has 0 spiro atoms. The summed E-state index contributed by atoms with van der Waals surface area (Å²) >= 11 is 0. The quantitative estimate of drug-likeness (QED) is 0.417. The van der Waals surface area contributed by atoms with E-state index in [1.807, 2.05) is 0 Å². The van der Waals surface area contributed by atoms with E-state index >= 15 is 0 Å². The van der Waals surface area contributed by atoms with Crippen LogP contribution in [-0.2, 0) is 19.4 Å². The van der Waals surface area contributed by atoms with E-state index in [0.717, 1.165) is 42.7 Å². The van der Waals surface area contributed by atoms with E-state index < -0.39 is 0 Å². The fraction of sp³-hybridized carbons (Fsp3) is 0.765. The van der Waals surface area contributed by atoms with Gasteiger partial charge in [-0.1, -0.05) is 45.7 Å². The molecule has 0 aromatic carbocycles. The predicted octanol–water partition coefficient (Wildman–Crippen LogP) is 3.29. The number of unbranched alkanes of at least 4 members (excludes halogenated alkanes) is 1. The first-order valence-corrected chi connectivity index (χ1v) is 8.53. The first-order valence-electron chi connectivity index (χ1n) is 8.53. The molecule has 1 heterocycles. The Labute approximate surface area is 135 Å². The van der Waals surface area contributed by atoms with Crippen LogP contribution in [0.3, 0.4) is 0 Å². The molecule has 0 aliphatic rings. The van der Waals surface area contributed by atoms with Crippen molar-refractivity contribution in [2.24, 2.45) is 10.9 Å². The molecule has 0 unspecified atom stereocenters. The molecule has 5 heteroatoms. The summed E-state index contributed by atoms with van der Waals surface area (Å²) in [6.45, 7) is 10.4. The standard InChI is InChI=1S/C17H32N4O/c1-6-15-14(16(7-2)22-21-15)12-20-17(18-5)19-11-9-8-10-13(3)4/h13H,6-12H2,1-5H3,(H2,18,19,20). The van der Waals surface area contributed by atoms with Gasteiger partial charge in [0.15, 0.2) is 5.96 Å². The number of aryl methyl sites for hydroxylation is 2. The number of guanidine groups is 1. The molecule has 0 amide bonds. The summed E-state index contributed by atoms with van der Waals surface area (Å²) in [4.78, 5) is 4.27. The number of aliphatic imine (C=N–C) groups is 1. The van der Waals surface area contributed by atoms with Crippen molar-refractivity contribution in [3.8, 4) is 0 Å². The lowest BCUT2D eigenvalue weighted by Gasteiger charge is -2.12. The van der Waals surface area contributed by atoms with Crippen molar-refractivity contribution in [1.29, 1.82) is 0 Å². The molecule has 1 aromatic heterocycles. The molecule has 0 aliphatic carbocycles. The van der Waals surface area contributed by atoms with Gasteiger partial charge >= 0.3 is 0 Å². The highest BCUT2D eigenvalue weighted by Crippen LogP contribution is 2.15. The first kappa shape index (κ1) is 18.5. The van der Waals surface area contributed by atoms with Gasteiger partial charge in [0.05, 0.1) is 5.69 Å². The van der Waals surface area contributed by atoms with Crippen LogP contribution in [0, 0.1) is 5.92 Å². The zero-order valence-corrected chi connectivity index (χ0v) is 14.8. The average molecular weight is 308 g/mol. The zero-order valence-electron chi connectivity index (χ0n) is 14.8. The van der Waals surface area contributed by atoms with Gasteiger partial charge in [-0.15, -0.1) is 0 Å². The third-order valence-electron chi connectivity index (χ3n) is 3.76. The Morgan fingerprint density at radius 1 is 1.18 bits per heavy atom. The Bertz CT molecular complexity index is 430. The lowest BCUT2D eigenvalue weighted by Crippen LogP contribution is -2.37. The van der Waals surface area contributed by atoms with Crippen molar-refractivity contribution < 1.29 is 4.52 Å². The molecule has 22 heavy (non-hydrogen) atoms. The fourth-order valence-electron chi connectivity index (χ4n) is 2.41. The summed E-state index contributed by atoms with van der Waals surface area (Å²) < 4.78 is 5.39. The summed E-state index contributed by atoms with van der Waals surface area (Å²) in [7, 11) is 1.80. The van der Waals surface area contributed by atoms with Gasteiger partial charge in [0.25, 0.3) is 0 Å². The number of nitrogens with zero attached hydrogens (tertiary/aromatic N) is 2. The van der Waals surface area contributed by atoms with Gasteiger partial charge < -0.3 is 15.2 Å². The van der Waals surface area contributed by atoms with E-state index in [4.69, 9.17) is 4.52 Å². The third kappa shape index (κ3) is 6.08. The molecular weight excluding hydrogens is 276 g/mol. The van der Waals surface area contributed by atoms with Crippen LogP contribution in [0.25, 0.3) is 0 Å². The number of aromatic nitrogens is 1. The summed E-state index contributed by atoms with van der Waals surface area (Å²) in [5, 5.41) is 10.9. The second-order valence-corrected chi connectivity index (χ2v) is 5.98. The Morgan fingerprint density at radius 2 is 1.95 bits per heavy atom. The van der Waals surface area contributed by atoms with Crippen LogP contribution in [-0.4, -0.2) is 24.7 Å². The van der Waals surface area contributed by atoms with E-state index in [-0.39, 0.29) is 0 Å².